The minimum atomic E-state index is -1.68. The van der Waals surface area contributed by atoms with Gasteiger partial charge < -0.3 is 10.2 Å². The van der Waals surface area contributed by atoms with E-state index in [1.807, 2.05) is 0 Å². The molecule has 0 aromatic heterocycles. The summed E-state index contributed by atoms with van der Waals surface area (Å²) < 4.78 is 0. The van der Waals surface area contributed by atoms with Crippen LogP contribution in [0.2, 0.25) is 10.0 Å². The van der Waals surface area contributed by atoms with Crippen molar-refractivity contribution in [3.63, 3.8) is 0 Å². The maximum absolute atomic E-state index is 10.5. The molecule has 1 atom stereocenters. The number of rotatable bonds is 2. The fraction of sp³-hybridized carbons (Fsp3) is 0.222. The van der Waals surface area contributed by atoms with Gasteiger partial charge in [-0.25, -0.2) is 4.79 Å². The topological polar surface area (TPSA) is 57.5 Å². The average Bonchev–Trinajstić information content (AvgIpc) is 2.01. The Kier molecular flexibility index (Phi) is 3.37. The number of aryl methyl sites for hydroxylation is 1. The first-order valence-electron chi connectivity index (χ1n) is 3.80. The van der Waals surface area contributed by atoms with E-state index in [4.69, 9.17) is 28.3 Å². The van der Waals surface area contributed by atoms with Crippen molar-refractivity contribution in [2.24, 2.45) is 0 Å². The smallest absolute Gasteiger partial charge is 0.337 e. The molecule has 2 N–H and O–H groups in total. The number of aliphatic carboxylic acids is 1. The summed E-state index contributed by atoms with van der Waals surface area (Å²) in [5.74, 6) is -1.38. The zero-order valence-electron chi connectivity index (χ0n) is 7.29. The Bertz CT molecular complexity index is 353. The summed E-state index contributed by atoms with van der Waals surface area (Å²) in [6.07, 6.45) is -1.68. The second kappa shape index (κ2) is 4.17. The molecule has 3 nitrogen and oxygen atoms in total. The third-order valence-corrected chi connectivity index (χ3v) is 2.36. The standard InChI is InChI=1S/C9H8Cl2O3/c1-4-2-5(10)7(6(11)3-4)8(12)9(13)14/h2-3,8,12H,1H3,(H,13,14)/t8-/m1/s1. The van der Waals surface area contributed by atoms with Gasteiger partial charge in [0.05, 0.1) is 0 Å². The lowest BCUT2D eigenvalue weighted by Gasteiger charge is -2.10. The first-order chi connectivity index (χ1) is 6.43. The Morgan fingerprint density at radius 1 is 1.36 bits per heavy atom. The molecule has 0 amide bonds. The van der Waals surface area contributed by atoms with Gasteiger partial charge >= 0.3 is 5.97 Å². The number of halogens is 2. The highest BCUT2D eigenvalue weighted by Gasteiger charge is 2.22. The van der Waals surface area contributed by atoms with Crippen molar-refractivity contribution < 1.29 is 15.0 Å². The average molecular weight is 235 g/mol. The molecule has 0 radical (unpaired) electrons. The summed E-state index contributed by atoms with van der Waals surface area (Å²) in [6.45, 7) is 1.77. The molecule has 0 unspecified atom stereocenters. The maximum Gasteiger partial charge on any atom is 0.337 e. The van der Waals surface area contributed by atoms with Gasteiger partial charge in [0.25, 0.3) is 0 Å². The third kappa shape index (κ3) is 2.18. The molecule has 5 heteroatoms. The van der Waals surface area contributed by atoms with Gasteiger partial charge in [-0.2, -0.15) is 0 Å². The highest BCUT2D eigenvalue weighted by Crippen LogP contribution is 2.31. The largest absolute Gasteiger partial charge is 0.479 e. The lowest BCUT2D eigenvalue weighted by Crippen LogP contribution is -2.11. The minimum absolute atomic E-state index is 0.0337. The molecule has 0 bridgehead atoms. The number of benzene rings is 1. The molecule has 0 heterocycles. The Morgan fingerprint density at radius 3 is 2.14 bits per heavy atom. The molecule has 0 aliphatic carbocycles. The van der Waals surface area contributed by atoms with Crippen molar-refractivity contribution in [2.75, 3.05) is 0 Å². The molecule has 0 spiro atoms. The van der Waals surface area contributed by atoms with E-state index in [1.54, 1.807) is 19.1 Å². The molecule has 0 fully saturated rings. The summed E-state index contributed by atoms with van der Waals surface area (Å²) in [5, 5.41) is 18.2. The van der Waals surface area contributed by atoms with Gasteiger partial charge in [-0.1, -0.05) is 23.2 Å². The van der Waals surface area contributed by atoms with E-state index in [1.165, 1.54) is 0 Å². The summed E-state index contributed by atoms with van der Waals surface area (Å²) >= 11 is 11.5. The number of aliphatic hydroxyl groups excluding tert-OH is 1. The van der Waals surface area contributed by atoms with Crippen LogP contribution in [0.1, 0.15) is 17.2 Å². The first kappa shape index (κ1) is 11.3. The number of carboxylic acids is 1. The first-order valence-corrected chi connectivity index (χ1v) is 4.55. The number of carbonyl (C=O) groups is 1. The molecule has 0 aliphatic heterocycles. The van der Waals surface area contributed by atoms with E-state index in [0.717, 1.165) is 5.56 Å². The van der Waals surface area contributed by atoms with E-state index in [0.29, 0.717) is 0 Å². The minimum Gasteiger partial charge on any atom is -0.479 e. The third-order valence-electron chi connectivity index (χ3n) is 1.73. The van der Waals surface area contributed by atoms with Gasteiger partial charge in [0.1, 0.15) is 0 Å². The van der Waals surface area contributed by atoms with Crippen LogP contribution in [0.3, 0.4) is 0 Å². The van der Waals surface area contributed by atoms with Crippen molar-refractivity contribution >= 4 is 29.2 Å². The van der Waals surface area contributed by atoms with E-state index < -0.39 is 12.1 Å². The van der Waals surface area contributed by atoms with Gasteiger partial charge in [-0.15, -0.1) is 0 Å². The molecule has 14 heavy (non-hydrogen) atoms. The van der Waals surface area contributed by atoms with Gasteiger partial charge in [0.2, 0.25) is 0 Å². The lowest BCUT2D eigenvalue weighted by atomic mass is 10.1. The predicted octanol–water partition coefficient (Wildman–Crippen LogP) is 2.42. The molecule has 0 saturated heterocycles. The van der Waals surface area contributed by atoms with Gasteiger partial charge in [-0.3, -0.25) is 0 Å². The summed E-state index contributed by atoms with van der Waals surface area (Å²) in [6, 6.07) is 3.10. The molecule has 1 aromatic rings. The van der Waals surface area contributed by atoms with Crippen molar-refractivity contribution in [2.45, 2.75) is 13.0 Å². The number of carboxylic acid groups (broad SMARTS) is 1. The fourth-order valence-electron chi connectivity index (χ4n) is 1.10. The Balaban J connectivity index is 3.27. The quantitative estimate of drug-likeness (QED) is 0.827. The summed E-state index contributed by atoms with van der Waals surface area (Å²) in [7, 11) is 0. The fourth-order valence-corrected chi connectivity index (χ4v) is 1.90. The number of hydrogen-bond acceptors (Lipinski definition) is 2. The van der Waals surface area contributed by atoms with Crippen molar-refractivity contribution in [3.05, 3.63) is 33.3 Å². The second-order valence-corrected chi connectivity index (χ2v) is 3.70. The zero-order valence-corrected chi connectivity index (χ0v) is 8.80. The van der Waals surface area contributed by atoms with Crippen LogP contribution < -0.4 is 0 Å². The number of hydrogen-bond donors (Lipinski definition) is 2. The van der Waals surface area contributed by atoms with E-state index in [-0.39, 0.29) is 15.6 Å². The van der Waals surface area contributed by atoms with Gasteiger partial charge in [-0.05, 0) is 24.6 Å². The molecule has 0 aliphatic rings. The normalized spacial score (nSPS) is 12.6. The van der Waals surface area contributed by atoms with E-state index in [2.05, 4.69) is 0 Å². The van der Waals surface area contributed by atoms with E-state index >= 15 is 0 Å². The Morgan fingerprint density at radius 2 is 1.79 bits per heavy atom. The van der Waals surface area contributed by atoms with Crippen LogP contribution in [0.5, 0.6) is 0 Å². The van der Waals surface area contributed by atoms with Gasteiger partial charge in [0.15, 0.2) is 6.10 Å². The second-order valence-electron chi connectivity index (χ2n) is 2.88. The lowest BCUT2D eigenvalue weighted by molar-refractivity contribution is -0.146. The molecular weight excluding hydrogens is 227 g/mol. The van der Waals surface area contributed by atoms with Crippen LogP contribution in [-0.2, 0) is 4.79 Å². The van der Waals surface area contributed by atoms with Crippen LogP contribution >= 0.6 is 23.2 Å². The molecule has 1 rings (SSSR count). The van der Waals surface area contributed by atoms with Crippen molar-refractivity contribution in [3.8, 4) is 0 Å². The molecular formula is C9H8Cl2O3. The van der Waals surface area contributed by atoms with Crippen LogP contribution in [-0.4, -0.2) is 16.2 Å². The van der Waals surface area contributed by atoms with Gasteiger partial charge in [0, 0.05) is 15.6 Å². The Labute approximate surface area is 90.9 Å². The SMILES string of the molecule is Cc1cc(Cl)c([C@@H](O)C(=O)O)c(Cl)c1. The molecule has 76 valence electrons. The van der Waals surface area contributed by atoms with E-state index in [9.17, 15) is 9.90 Å². The zero-order chi connectivity index (χ0) is 10.9. The molecule has 1 aromatic carbocycles. The molecule has 0 saturated carbocycles. The highest BCUT2D eigenvalue weighted by atomic mass is 35.5. The summed E-state index contributed by atoms with van der Waals surface area (Å²) in [5.41, 5.74) is 0.841. The van der Waals surface area contributed by atoms with Crippen LogP contribution in [0.4, 0.5) is 0 Å². The maximum atomic E-state index is 10.5. The monoisotopic (exact) mass is 234 g/mol. The van der Waals surface area contributed by atoms with Crippen LogP contribution in [0, 0.1) is 6.92 Å². The van der Waals surface area contributed by atoms with Crippen molar-refractivity contribution in [1.29, 1.82) is 0 Å². The summed E-state index contributed by atoms with van der Waals surface area (Å²) in [4.78, 5) is 10.5. The number of aliphatic hydroxyl groups is 1. The van der Waals surface area contributed by atoms with Crippen LogP contribution in [0.25, 0.3) is 0 Å². The van der Waals surface area contributed by atoms with Crippen LogP contribution in [0.15, 0.2) is 12.1 Å². The predicted molar refractivity (Wildman–Crippen MR) is 53.8 cm³/mol. The highest BCUT2D eigenvalue weighted by molar-refractivity contribution is 6.36. The Hall–Kier alpha value is -0.770. The van der Waals surface area contributed by atoms with Crippen molar-refractivity contribution in [1.82, 2.24) is 0 Å².